The molecule has 0 radical (unpaired) electrons. The molecule has 6 heteroatoms. The maximum Gasteiger partial charge on any atom is 0.238 e. The van der Waals surface area contributed by atoms with E-state index in [1.54, 1.807) is 6.07 Å². The Morgan fingerprint density at radius 3 is 2.44 bits per heavy atom. The largest absolute Gasteiger partial charge is 0.244 e. The van der Waals surface area contributed by atoms with Crippen LogP contribution in [-0.4, -0.2) is 11.4 Å². The molecule has 0 bridgehead atoms. The lowest BCUT2D eigenvalue weighted by molar-refractivity contribution is 0.126. The minimum atomic E-state index is -2.52. The number of hydrogen-bond donors (Lipinski definition) is 0. The Morgan fingerprint density at radius 1 is 1.33 bits per heavy atom. The van der Waals surface area contributed by atoms with E-state index in [0.717, 1.165) is 0 Å². The Bertz CT molecular complexity index is 460. The second-order valence-electron chi connectivity index (χ2n) is 3.90. The van der Waals surface area contributed by atoms with Crippen LogP contribution in [0.5, 0.6) is 0 Å². The summed E-state index contributed by atoms with van der Waals surface area (Å²) in [7, 11) is 0. The second kappa shape index (κ2) is 6.28. The molecule has 0 unspecified atom stereocenters. The Balaban J connectivity index is 2.83. The van der Waals surface area contributed by atoms with Crippen molar-refractivity contribution < 1.29 is 8.78 Å². The van der Waals surface area contributed by atoms with Crippen molar-refractivity contribution in [1.29, 1.82) is 10.5 Å². The molecule has 18 heavy (non-hydrogen) atoms. The number of alkyl halides is 2. The molecule has 0 spiro atoms. The van der Waals surface area contributed by atoms with E-state index in [9.17, 15) is 8.78 Å². The van der Waals surface area contributed by atoms with Gasteiger partial charge in [-0.15, -0.1) is 0 Å². The third-order valence-electron chi connectivity index (χ3n) is 2.51. The van der Waals surface area contributed by atoms with Gasteiger partial charge in [0.15, 0.2) is 0 Å². The molecule has 0 aliphatic carbocycles. The van der Waals surface area contributed by atoms with Crippen LogP contribution >= 0.6 is 11.6 Å². The molecule has 0 aliphatic rings. The molecule has 1 aromatic heterocycles. The summed E-state index contributed by atoms with van der Waals surface area (Å²) in [5, 5.41) is 18.4. The Labute approximate surface area is 109 Å². The number of hydrogen-bond acceptors (Lipinski definition) is 3. The normalized spacial score (nSPS) is 11.0. The van der Waals surface area contributed by atoms with Crippen molar-refractivity contribution in [3.8, 4) is 12.1 Å². The zero-order valence-corrected chi connectivity index (χ0v) is 10.2. The van der Waals surface area contributed by atoms with Gasteiger partial charge in [-0.1, -0.05) is 17.7 Å². The van der Waals surface area contributed by atoms with E-state index in [2.05, 4.69) is 4.98 Å². The van der Waals surface area contributed by atoms with E-state index in [4.69, 9.17) is 22.1 Å². The monoisotopic (exact) mass is 269 g/mol. The van der Waals surface area contributed by atoms with Gasteiger partial charge in [-0.3, -0.25) is 0 Å². The molecule has 0 saturated heterocycles. The summed E-state index contributed by atoms with van der Waals surface area (Å²) in [4.78, 5) is 3.83. The molecule has 0 fully saturated rings. The predicted molar refractivity (Wildman–Crippen MR) is 61.8 cm³/mol. The van der Waals surface area contributed by atoms with Crippen molar-refractivity contribution in [2.45, 2.75) is 25.7 Å². The maximum atomic E-state index is 12.2. The average molecular weight is 270 g/mol. The Kier molecular flexibility index (Phi) is 5.00. The lowest BCUT2D eigenvalue weighted by atomic mass is 9.81. The van der Waals surface area contributed by atoms with E-state index in [1.807, 2.05) is 12.1 Å². The minimum absolute atomic E-state index is 0.0664. The number of halogens is 3. The zero-order chi connectivity index (χ0) is 13.6. The van der Waals surface area contributed by atoms with Crippen LogP contribution < -0.4 is 0 Å². The highest BCUT2D eigenvalue weighted by Gasteiger charge is 2.31. The Hall–Kier alpha value is -1.72. The third kappa shape index (κ3) is 3.94. The number of pyridine rings is 1. The lowest BCUT2D eigenvalue weighted by Crippen LogP contribution is -2.20. The highest BCUT2D eigenvalue weighted by Crippen LogP contribution is 2.29. The quantitative estimate of drug-likeness (QED) is 0.770. The van der Waals surface area contributed by atoms with Gasteiger partial charge in [-0.2, -0.15) is 10.5 Å². The van der Waals surface area contributed by atoms with Crippen molar-refractivity contribution >= 4 is 11.6 Å². The van der Waals surface area contributed by atoms with Crippen molar-refractivity contribution in [3.05, 3.63) is 29.0 Å². The van der Waals surface area contributed by atoms with E-state index in [0.29, 0.717) is 10.7 Å². The van der Waals surface area contributed by atoms with Gasteiger partial charge in [0.1, 0.15) is 10.6 Å². The van der Waals surface area contributed by atoms with Gasteiger partial charge in [-0.05, 0) is 18.1 Å². The fourth-order valence-corrected chi connectivity index (χ4v) is 1.63. The van der Waals surface area contributed by atoms with Crippen LogP contribution in [0.4, 0.5) is 8.78 Å². The summed E-state index contributed by atoms with van der Waals surface area (Å²) in [5.41, 5.74) is -0.817. The fraction of sp³-hybridized carbons (Fsp3) is 0.417. The average Bonchev–Trinajstić information content (AvgIpc) is 2.37. The van der Waals surface area contributed by atoms with Crippen LogP contribution in [0.25, 0.3) is 0 Å². The van der Waals surface area contributed by atoms with Gasteiger partial charge in [0, 0.05) is 19.0 Å². The molecular formula is C12H10ClF2N3. The van der Waals surface area contributed by atoms with Crippen LogP contribution in [0, 0.1) is 28.1 Å². The first-order valence-electron chi connectivity index (χ1n) is 5.22. The molecule has 3 nitrogen and oxygen atoms in total. The molecule has 94 valence electrons. The van der Waals surface area contributed by atoms with Crippen molar-refractivity contribution in [1.82, 2.24) is 4.98 Å². The molecule has 1 heterocycles. The van der Waals surface area contributed by atoms with Crippen molar-refractivity contribution in [2.75, 3.05) is 0 Å². The topological polar surface area (TPSA) is 60.5 Å². The van der Waals surface area contributed by atoms with Gasteiger partial charge in [0.2, 0.25) is 6.43 Å². The SMILES string of the molecule is N#CC(C#N)(CCC(F)F)Cc1ccc(Cl)nc1. The molecule has 0 aliphatic heterocycles. The summed E-state index contributed by atoms with van der Waals surface area (Å²) >= 11 is 5.61. The second-order valence-corrected chi connectivity index (χ2v) is 4.29. The summed E-state index contributed by atoms with van der Waals surface area (Å²) in [6.45, 7) is 0. The lowest BCUT2D eigenvalue weighted by Gasteiger charge is -2.18. The molecule has 0 aromatic carbocycles. The van der Waals surface area contributed by atoms with Crippen LogP contribution in [0.1, 0.15) is 18.4 Å². The van der Waals surface area contributed by atoms with Crippen LogP contribution in [-0.2, 0) is 6.42 Å². The molecule has 1 aromatic rings. The highest BCUT2D eigenvalue weighted by molar-refractivity contribution is 6.29. The summed E-state index contributed by atoms with van der Waals surface area (Å²) in [6.07, 6.45) is -1.65. The van der Waals surface area contributed by atoms with Crippen molar-refractivity contribution in [3.63, 3.8) is 0 Å². The van der Waals surface area contributed by atoms with Gasteiger partial charge in [0.05, 0.1) is 12.1 Å². The molecule has 1 rings (SSSR count). The van der Waals surface area contributed by atoms with Crippen molar-refractivity contribution in [2.24, 2.45) is 5.41 Å². The number of aromatic nitrogens is 1. The number of nitrogens with zero attached hydrogens (tertiary/aromatic N) is 3. The maximum absolute atomic E-state index is 12.2. The van der Waals surface area contributed by atoms with E-state index < -0.39 is 18.3 Å². The molecular weight excluding hydrogens is 260 g/mol. The van der Waals surface area contributed by atoms with E-state index in [1.165, 1.54) is 12.3 Å². The predicted octanol–water partition coefficient (Wildman–Crippen LogP) is 3.36. The molecule has 0 atom stereocenters. The number of rotatable bonds is 5. The summed E-state index contributed by atoms with van der Waals surface area (Å²) < 4.78 is 24.4. The summed E-state index contributed by atoms with van der Waals surface area (Å²) in [5.74, 6) is 0. The van der Waals surface area contributed by atoms with Crippen LogP contribution in [0.2, 0.25) is 5.15 Å². The fourth-order valence-electron chi connectivity index (χ4n) is 1.52. The molecule has 0 saturated carbocycles. The summed E-state index contributed by atoms with van der Waals surface area (Å²) in [6, 6.07) is 6.81. The molecule has 0 N–H and O–H groups in total. The van der Waals surface area contributed by atoms with Gasteiger partial charge in [0.25, 0.3) is 0 Å². The van der Waals surface area contributed by atoms with Gasteiger partial charge >= 0.3 is 0 Å². The van der Waals surface area contributed by atoms with Gasteiger partial charge < -0.3 is 0 Å². The van der Waals surface area contributed by atoms with E-state index in [-0.39, 0.29) is 12.8 Å². The van der Waals surface area contributed by atoms with Crippen LogP contribution in [0.3, 0.4) is 0 Å². The van der Waals surface area contributed by atoms with E-state index >= 15 is 0 Å². The highest BCUT2D eigenvalue weighted by atomic mass is 35.5. The zero-order valence-electron chi connectivity index (χ0n) is 9.41. The smallest absolute Gasteiger partial charge is 0.238 e. The third-order valence-corrected chi connectivity index (χ3v) is 2.74. The van der Waals surface area contributed by atoms with Gasteiger partial charge in [-0.25, -0.2) is 13.8 Å². The first-order valence-corrected chi connectivity index (χ1v) is 5.60. The van der Waals surface area contributed by atoms with Crippen LogP contribution in [0.15, 0.2) is 18.3 Å². The Morgan fingerprint density at radius 2 is 2.00 bits per heavy atom. The first kappa shape index (κ1) is 14.3. The standard InChI is InChI=1S/C12H10ClF2N3/c13-10-2-1-9(6-18-10)5-12(7-16,8-17)4-3-11(14)15/h1-2,6,11H,3-5H2. The minimum Gasteiger partial charge on any atom is -0.244 e. The molecule has 0 amide bonds. The first-order chi connectivity index (χ1) is 8.51. The number of nitriles is 2.